The molecule has 6 heteroatoms. The molecule has 0 saturated carbocycles. The van der Waals surface area contributed by atoms with Crippen molar-refractivity contribution >= 4 is 10.0 Å². The fourth-order valence-electron chi connectivity index (χ4n) is 2.18. The van der Waals surface area contributed by atoms with Crippen molar-refractivity contribution in [2.75, 3.05) is 13.7 Å². The third-order valence-electron chi connectivity index (χ3n) is 3.14. The summed E-state index contributed by atoms with van der Waals surface area (Å²) in [7, 11) is -2.44. The van der Waals surface area contributed by atoms with Gasteiger partial charge in [-0.1, -0.05) is 42.5 Å². The minimum Gasteiger partial charge on any atom is -0.383 e. The van der Waals surface area contributed by atoms with Gasteiger partial charge in [0.05, 0.1) is 6.61 Å². The lowest BCUT2D eigenvalue weighted by Gasteiger charge is -2.18. The number of halogens is 1. The molecule has 0 aliphatic heterocycles. The Bertz CT molecular complexity index is 704. The van der Waals surface area contributed by atoms with Crippen LogP contribution >= 0.6 is 0 Å². The molecule has 22 heavy (non-hydrogen) atoms. The SMILES string of the molecule is COCC(Cc1ccccc1)NS(=O)(=O)c1ccccc1F. The van der Waals surface area contributed by atoms with E-state index in [0.29, 0.717) is 6.42 Å². The molecule has 0 heterocycles. The van der Waals surface area contributed by atoms with Crippen LogP contribution in [-0.2, 0) is 21.2 Å². The summed E-state index contributed by atoms with van der Waals surface area (Å²) in [5.41, 5.74) is 0.973. The maximum Gasteiger partial charge on any atom is 0.243 e. The lowest BCUT2D eigenvalue weighted by molar-refractivity contribution is 0.174. The first-order chi connectivity index (χ1) is 10.5. The highest BCUT2D eigenvalue weighted by molar-refractivity contribution is 7.89. The first-order valence-electron chi connectivity index (χ1n) is 6.82. The maximum atomic E-state index is 13.7. The highest BCUT2D eigenvalue weighted by Crippen LogP contribution is 2.14. The number of sulfonamides is 1. The molecule has 0 bridgehead atoms. The van der Waals surface area contributed by atoms with Gasteiger partial charge in [-0.3, -0.25) is 0 Å². The Balaban J connectivity index is 2.18. The van der Waals surface area contributed by atoms with E-state index in [1.54, 1.807) is 0 Å². The lowest BCUT2D eigenvalue weighted by Crippen LogP contribution is -2.39. The molecule has 1 atom stereocenters. The number of hydrogen-bond acceptors (Lipinski definition) is 3. The van der Waals surface area contributed by atoms with Crippen molar-refractivity contribution in [2.24, 2.45) is 0 Å². The zero-order valence-electron chi connectivity index (χ0n) is 12.2. The molecule has 0 aromatic heterocycles. The van der Waals surface area contributed by atoms with Crippen molar-refractivity contribution in [3.05, 3.63) is 66.0 Å². The van der Waals surface area contributed by atoms with Gasteiger partial charge in [0.1, 0.15) is 10.7 Å². The molecule has 118 valence electrons. The third-order valence-corrected chi connectivity index (χ3v) is 4.69. The Morgan fingerprint density at radius 2 is 1.73 bits per heavy atom. The number of ether oxygens (including phenoxy) is 1. The molecule has 1 N–H and O–H groups in total. The van der Waals surface area contributed by atoms with Crippen molar-refractivity contribution in [3.63, 3.8) is 0 Å². The van der Waals surface area contributed by atoms with Crippen LogP contribution in [0.2, 0.25) is 0 Å². The van der Waals surface area contributed by atoms with E-state index in [2.05, 4.69) is 4.72 Å². The van der Waals surface area contributed by atoms with Crippen LogP contribution in [0.1, 0.15) is 5.56 Å². The van der Waals surface area contributed by atoms with Crippen LogP contribution in [0.4, 0.5) is 4.39 Å². The maximum absolute atomic E-state index is 13.7. The number of nitrogens with one attached hydrogen (secondary N) is 1. The lowest BCUT2D eigenvalue weighted by atomic mass is 10.1. The molecule has 2 aromatic rings. The minimum atomic E-state index is -3.94. The first-order valence-corrected chi connectivity index (χ1v) is 8.31. The number of methoxy groups -OCH3 is 1. The van der Waals surface area contributed by atoms with Gasteiger partial charge in [0.2, 0.25) is 10.0 Å². The Hall–Kier alpha value is -1.76. The zero-order chi connectivity index (χ0) is 16.0. The van der Waals surface area contributed by atoms with E-state index < -0.39 is 21.9 Å². The number of benzene rings is 2. The summed E-state index contributed by atoms with van der Waals surface area (Å²) < 4.78 is 45.9. The molecule has 0 amide bonds. The van der Waals surface area contributed by atoms with Crippen LogP contribution in [0, 0.1) is 5.82 Å². The highest BCUT2D eigenvalue weighted by Gasteiger charge is 2.23. The quantitative estimate of drug-likeness (QED) is 0.851. The van der Waals surface area contributed by atoms with E-state index in [9.17, 15) is 12.8 Å². The first kappa shape index (κ1) is 16.6. The van der Waals surface area contributed by atoms with Gasteiger partial charge < -0.3 is 4.74 Å². The number of rotatable bonds is 7. The summed E-state index contributed by atoms with van der Waals surface area (Å²) in [4.78, 5) is -0.357. The average molecular weight is 323 g/mol. The molecular formula is C16H18FNO3S. The van der Waals surface area contributed by atoms with E-state index >= 15 is 0 Å². The van der Waals surface area contributed by atoms with Crippen molar-refractivity contribution < 1.29 is 17.5 Å². The van der Waals surface area contributed by atoms with Gasteiger partial charge in [-0.05, 0) is 24.1 Å². The van der Waals surface area contributed by atoms with Gasteiger partial charge in [-0.2, -0.15) is 0 Å². The fraction of sp³-hybridized carbons (Fsp3) is 0.250. The van der Waals surface area contributed by atoms with E-state index in [1.165, 1.54) is 25.3 Å². The monoisotopic (exact) mass is 323 g/mol. The Morgan fingerprint density at radius 3 is 2.36 bits per heavy atom. The molecule has 0 aliphatic rings. The topological polar surface area (TPSA) is 55.4 Å². The van der Waals surface area contributed by atoms with Crippen LogP contribution in [0.5, 0.6) is 0 Å². The second-order valence-corrected chi connectivity index (χ2v) is 6.58. The summed E-state index contributed by atoms with van der Waals surface area (Å²) in [5.74, 6) is -0.772. The van der Waals surface area contributed by atoms with Crippen molar-refractivity contribution in [2.45, 2.75) is 17.4 Å². The second kappa shape index (κ2) is 7.49. The molecule has 4 nitrogen and oxygen atoms in total. The Kier molecular flexibility index (Phi) is 5.65. The highest BCUT2D eigenvalue weighted by atomic mass is 32.2. The van der Waals surface area contributed by atoms with Crippen LogP contribution in [0.3, 0.4) is 0 Å². The molecule has 0 fully saturated rings. The third kappa shape index (κ3) is 4.37. The van der Waals surface area contributed by atoms with Crippen LogP contribution < -0.4 is 4.72 Å². The van der Waals surface area contributed by atoms with Crippen molar-refractivity contribution in [1.82, 2.24) is 4.72 Å². The van der Waals surface area contributed by atoms with Gasteiger partial charge in [0.25, 0.3) is 0 Å². The second-order valence-electron chi connectivity index (χ2n) is 4.89. The average Bonchev–Trinajstić information content (AvgIpc) is 2.48. The largest absolute Gasteiger partial charge is 0.383 e. The molecule has 0 aliphatic carbocycles. The van der Waals surface area contributed by atoms with Crippen molar-refractivity contribution in [3.8, 4) is 0 Å². The summed E-state index contributed by atoms with van der Waals surface area (Å²) in [6.07, 6.45) is 0.461. The van der Waals surface area contributed by atoms with E-state index in [4.69, 9.17) is 4.74 Å². The summed E-state index contributed by atoms with van der Waals surface area (Å²) in [5, 5.41) is 0. The minimum absolute atomic E-state index is 0.197. The van der Waals surface area contributed by atoms with Crippen LogP contribution in [-0.4, -0.2) is 28.2 Å². The summed E-state index contributed by atoms with van der Waals surface area (Å²) >= 11 is 0. The molecule has 2 rings (SSSR count). The summed E-state index contributed by atoms with van der Waals surface area (Å²) in [6, 6.07) is 14.3. The van der Waals surface area contributed by atoms with E-state index in [-0.39, 0.29) is 11.5 Å². The Labute approximate surface area is 130 Å². The number of hydrogen-bond donors (Lipinski definition) is 1. The van der Waals surface area contributed by atoms with Crippen molar-refractivity contribution in [1.29, 1.82) is 0 Å². The van der Waals surface area contributed by atoms with Gasteiger partial charge in [-0.25, -0.2) is 17.5 Å². The standard InChI is InChI=1S/C16H18FNO3S/c1-21-12-14(11-13-7-3-2-4-8-13)18-22(19,20)16-10-6-5-9-15(16)17/h2-10,14,18H,11-12H2,1H3. The van der Waals surface area contributed by atoms with E-state index in [1.807, 2.05) is 30.3 Å². The molecule has 0 radical (unpaired) electrons. The van der Waals surface area contributed by atoms with Crippen LogP contribution in [0.15, 0.2) is 59.5 Å². The van der Waals surface area contributed by atoms with Gasteiger partial charge in [0.15, 0.2) is 0 Å². The summed E-state index contributed by atoms with van der Waals surface area (Å²) in [6.45, 7) is 0.197. The molecule has 2 aromatic carbocycles. The molecule has 0 saturated heterocycles. The molecule has 0 spiro atoms. The van der Waals surface area contributed by atoms with Gasteiger partial charge in [0, 0.05) is 13.2 Å². The smallest absolute Gasteiger partial charge is 0.243 e. The van der Waals surface area contributed by atoms with Gasteiger partial charge >= 0.3 is 0 Å². The van der Waals surface area contributed by atoms with Gasteiger partial charge in [-0.15, -0.1) is 0 Å². The molecule has 1 unspecified atom stereocenters. The molecular weight excluding hydrogens is 305 g/mol. The van der Waals surface area contributed by atoms with E-state index in [0.717, 1.165) is 11.6 Å². The normalized spacial score (nSPS) is 13.0. The predicted octanol–water partition coefficient (Wildman–Crippen LogP) is 2.36. The van der Waals surface area contributed by atoms with Crippen LogP contribution in [0.25, 0.3) is 0 Å². The fourth-order valence-corrected chi connectivity index (χ4v) is 3.48. The zero-order valence-corrected chi connectivity index (χ0v) is 13.0. The predicted molar refractivity (Wildman–Crippen MR) is 82.5 cm³/mol. The Morgan fingerprint density at radius 1 is 1.09 bits per heavy atom.